The molecule has 1 aromatic rings. The fourth-order valence-corrected chi connectivity index (χ4v) is 1.71. The van der Waals surface area contributed by atoms with Crippen LogP contribution in [0.4, 0.5) is 0 Å². The van der Waals surface area contributed by atoms with Crippen molar-refractivity contribution in [1.82, 2.24) is 5.32 Å². The lowest BCUT2D eigenvalue weighted by Gasteiger charge is -2.16. The lowest BCUT2D eigenvalue weighted by molar-refractivity contribution is -0.146. The third-order valence-corrected chi connectivity index (χ3v) is 2.81. The molecule has 1 atom stereocenters. The normalized spacial score (nSPS) is 11.6. The summed E-state index contributed by atoms with van der Waals surface area (Å²) in [6.45, 7) is 4.05. The Labute approximate surface area is 130 Å². The number of ether oxygens (including phenoxy) is 2. The van der Waals surface area contributed by atoms with Gasteiger partial charge in [0.15, 0.2) is 6.04 Å². The number of esters is 1. The quantitative estimate of drug-likeness (QED) is 0.676. The molecule has 0 aliphatic heterocycles. The van der Waals surface area contributed by atoms with Gasteiger partial charge in [0.1, 0.15) is 5.75 Å². The number of hydrogen-bond acceptors (Lipinski definition) is 5. The number of benzene rings is 1. The maximum Gasteiger partial charge on any atom is 0.331 e. The Kier molecular flexibility index (Phi) is 7.99. The van der Waals surface area contributed by atoms with Crippen LogP contribution in [0.2, 0.25) is 0 Å². The van der Waals surface area contributed by atoms with Crippen molar-refractivity contribution < 1.29 is 24.2 Å². The van der Waals surface area contributed by atoms with E-state index in [0.717, 1.165) is 6.42 Å². The highest BCUT2D eigenvalue weighted by molar-refractivity contribution is 5.99. The molecule has 0 aliphatic carbocycles. The van der Waals surface area contributed by atoms with E-state index in [1.165, 1.54) is 0 Å². The third-order valence-electron chi connectivity index (χ3n) is 2.81. The SMILES string of the molecule is CCCOC(=O)[C@H](CO)NC(=O)c1ccccc1OCCC. The second-order valence-electron chi connectivity index (χ2n) is 4.72. The van der Waals surface area contributed by atoms with Gasteiger partial charge < -0.3 is 19.9 Å². The zero-order valence-corrected chi connectivity index (χ0v) is 13.0. The minimum atomic E-state index is -1.08. The molecule has 0 spiro atoms. The Morgan fingerprint density at radius 2 is 1.86 bits per heavy atom. The van der Waals surface area contributed by atoms with Crippen LogP contribution in [0.15, 0.2) is 24.3 Å². The van der Waals surface area contributed by atoms with Crippen LogP contribution in [-0.2, 0) is 9.53 Å². The van der Waals surface area contributed by atoms with Gasteiger partial charge in [0.2, 0.25) is 0 Å². The van der Waals surface area contributed by atoms with E-state index in [1.54, 1.807) is 24.3 Å². The fraction of sp³-hybridized carbons (Fsp3) is 0.500. The first-order valence-corrected chi connectivity index (χ1v) is 7.44. The van der Waals surface area contributed by atoms with E-state index < -0.39 is 24.5 Å². The molecule has 0 aliphatic rings. The van der Waals surface area contributed by atoms with Crippen LogP contribution in [0.5, 0.6) is 5.75 Å². The Hall–Kier alpha value is -2.08. The van der Waals surface area contributed by atoms with E-state index >= 15 is 0 Å². The predicted octanol–water partition coefficient (Wildman–Crippen LogP) is 1.52. The lowest BCUT2D eigenvalue weighted by atomic mass is 10.1. The van der Waals surface area contributed by atoms with E-state index in [9.17, 15) is 14.7 Å². The fourth-order valence-electron chi connectivity index (χ4n) is 1.71. The van der Waals surface area contributed by atoms with Crippen LogP contribution in [0.1, 0.15) is 37.0 Å². The van der Waals surface area contributed by atoms with Crippen LogP contribution in [0.25, 0.3) is 0 Å². The molecule has 0 radical (unpaired) electrons. The van der Waals surface area contributed by atoms with Gasteiger partial charge in [0.25, 0.3) is 5.91 Å². The van der Waals surface area contributed by atoms with Gasteiger partial charge in [-0.05, 0) is 25.0 Å². The monoisotopic (exact) mass is 309 g/mol. The minimum absolute atomic E-state index is 0.251. The summed E-state index contributed by atoms with van der Waals surface area (Å²) in [5, 5.41) is 11.7. The van der Waals surface area contributed by atoms with E-state index in [1.807, 2.05) is 13.8 Å². The first-order valence-electron chi connectivity index (χ1n) is 7.44. The second-order valence-corrected chi connectivity index (χ2v) is 4.72. The number of amides is 1. The zero-order chi connectivity index (χ0) is 16.4. The summed E-state index contributed by atoms with van der Waals surface area (Å²) < 4.78 is 10.4. The van der Waals surface area contributed by atoms with Crippen LogP contribution in [0.3, 0.4) is 0 Å². The van der Waals surface area contributed by atoms with Gasteiger partial charge in [-0.1, -0.05) is 26.0 Å². The standard InChI is InChI=1S/C16H23NO5/c1-3-9-21-14-8-6-5-7-12(14)15(19)17-13(11-18)16(20)22-10-4-2/h5-8,13,18H,3-4,9-11H2,1-2H3,(H,17,19)/t13-/m0/s1. The average Bonchev–Trinajstić information content (AvgIpc) is 2.55. The molecule has 0 bridgehead atoms. The smallest absolute Gasteiger partial charge is 0.331 e. The number of rotatable bonds is 9. The van der Waals surface area contributed by atoms with Crippen molar-refractivity contribution in [3.63, 3.8) is 0 Å². The summed E-state index contributed by atoms with van der Waals surface area (Å²) in [7, 11) is 0. The first kappa shape index (κ1) is 18.0. The molecule has 122 valence electrons. The van der Waals surface area contributed by atoms with Crippen molar-refractivity contribution in [3.8, 4) is 5.75 Å². The summed E-state index contributed by atoms with van der Waals surface area (Å²) in [6, 6.07) is 5.68. The van der Waals surface area contributed by atoms with Gasteiger partial charge in [0.05, 0.1) is 25.4 Å². The van der Waals surface area contributed by atoms with Crippen molar-refractivity contribution in [3.05, 3.63) is 29.8 Å². The van der Waals surface area contributed by atoms with E-state index in [4.69, 9.17) is 9.47 Å². The molecule has 6 nitrogen and oxygen atoms in total. The van der Waals surface area contributed by atoms with Gasteiger partial charge in [0, 0.05) is 0 Å². The van der Waals surface area contributed by atoms with Gasteiger partial charge in [-0.25, -0.2) is 4.79 Å². The van der Waals surface area contributed by atoms with E-state index in [0.29, 0.717) is 24.3 Å². The zero-order valence-electron chi connectivity index (χ0n) is 13.0. The molecule has 0 fully saturated rings. The molecule has 1 rings (SSSR count). The van der Waals surface area contributed by atoms with Crippen LogP contribution < -0.4 is 10.1 Å². The molecule has 0 heterocycles. The minimum Gasteiger partial charge on any atom is -0.493 e. The molecule has 1 aromatic carbocycles. The molecule has 2 N–H and O–H groups in total. The highest BCUT2D eigenvalue weighted by Gasteiger charge is 2.23. The molecule has 6 heteroatoms. The van der Waals surface area contributed by atoms with Crippen LogP contribution >= 0.6 is 0 Å². The van der Waals surface area contributed by atoms with Gasteiger partial charge >= 0.3 is 5.97 Å². The molecule has 0 unspecified atom stereocenters. The topological polar surface area (TPSA) is 84.9 Å². The average molecular weight is 309 g/mol. The van der Waals surface area contributed by atoms with Gasteiger partial charge in [-0.2, -0.15) is 0 Å². The predicted molar refractivity (Wildman–Crippen MR) is 81.8 cm³/mol. The van der Waals surface area contributed by atoms with Crippen LogP contribution in [-0.4, -0.2) is 42.8 Å². The largest absolute Gasteiger partial charge is 0.493 e. The lowest BCUT2D eigenvalue weighted by Crippen LogP contribution is -2.44. The number of aliphatic hydroxyl groups excluding tert-OH is 1. The Morgan fingerprint density at radius 3 is 2.50 bits per heavy atom. The molecule has 1 amide bonds. The molecule has 22 heavy (non-hydrogen) atoms. The first-order chi connectivity index (χ1) is 10.6. The highest BCUT2D eigenvalue weighted by Crippen LogP contribution is 2.18. The number of aliphatic hydroxyl groups is 1. The number of para-hydroxylation sites is 1. The van der Waals surface area contributed by atoms with Gasteiger partial charge in [-0.15, -0.1) is 0 Å². The Bertz CT molecular complexity index is 489. The number of carbonyl (C=O) groups excluding carboxylic acids is 2. The molecular weight excluding hydrogens is 286 g/mol. The number of carbonyl (C=O) groups is 2. The van der Waals surface area contributed by atoms with Gasteiger partial charge in [-0.3, -0.25) is 4.79 Å². The van der Waals surface area contributed by atoms with Crippen molar-refractivity contribution in [2.45, 2.75) is 32.7 Å². The number of nitrogens with one attached hydrogen (secondary N) is 1. The second kappa shape index (κ2) is 9.78. The number of hydrogen-bond donors (Lipinski definition) is 2. The van der Waals surface area contributed by atoms with E-state index in [2.05, 4.69) is 5.32 Å². The van der Waals surface area contributed by atoms with Crippen molar-refractivity contribution in [2.75, 3.05) is 19.8 Å². The van der Waals surface area contributed by atoms with Crippen LogP contribution in [0, 0.1) is 0 Å². The van der Waals surface area contributed by atoms with Crippen molar-refractivity contribution in [2.24, 2.45) is 0 Å². The summed E-state index contributed by atoms with van der Waals surface area (Å²) in [5.41, 5.74) is 0.317. The summed E-state index contributed by atoms with van der Waals surface area (Å²) in [4.78, 5) is 24.0. The summed E-state index contributed by atoms with van der Waals surface area (Å²) in [6.07, 6.45) is 1.49. The molecule has 0 saturated carbocycles. The Balaban J connectivity index is 2.76. The van der Waals surface area contributed by atoms with Crippen molar-refractivity contribution >= 4 is 11.9 Å². The molecule has 0 saturated heterocycles. The molecular formula is C16H23NO5. The van der Waals surface area contributed by atoms with Crippen molar-refractivity contribution in [1.29, 1.82) is 0 Å². The summed E-state index contributed by atoms with van der Waals surface area (Å²) >= 11 is 0. The van der Waals surface area contributed by atoms with E-state index in [-0.39, 0.29) is 6.61 Å². The third kappa shape index (κ3) is 5.37. The summed E-state index contributed by atoms with van der Waals surface area (Å²) in [5.74, 6) is -0.690. The Morgan fingerprint density at radius 1 is 1.18 bits per heavy atom. The maximum absolute atomic E-state index is 12.3. The highest BCUT2D eigenvalue weighted by atomic mass is 16.5. The molecule has 0 aromatic heterocycles. The maximum atomic E-state index is 12.3.